The summed E-state index contributed by atoms with van der Waals surface area (Å²) in [5, 5.41) is 3.94. The fourth-order valence-electron chi connectivity index (χ4n) is 2.45. The summed E-state index contributed by atoms with van der Waals surface area (Å²) in [7, 11) is -3.94. The lowest BCUT2D eigenvalue weighted by molar-refractivity contribution is 0.380. The van der Waals surface area contributed by atoms with Crippen LogP contribution in [0, 0.1) is 12.7 Å². The molecule has 0 unspecified atom stereocenters. The molecule has 0 atom stereocenters. The number of sulfonamides is 1. The van der Waals surface area contributed by atoms with Crippen LogP contribution in [0.3, 0.4) is 0 Å². The lowest BCUT2D eigenvalue weighted by Gasteiger charge is -2.08. The summed E-state index contributed by atoms with van der Waals surface area (Å²) in [5.41, 5.74) is -0.115. The van der Waals surface area contributed by atoms with Crippen molar-refractivity contribution in [3.63, 3.8) is 0 Å². The predicted octanol–water partition coefficient (Wildman–Crippen LogP) is 4.69. The Morgan fingerprint density at radius 1 is 1.35 bits per heavy atom. The van der Waals surface area contributed by atoms with E-state index in [4.69, 9.17) is 4.52 Å². The summed E-state index contributed by atoms with van der Waals surface area (Å²) in [6.45, 7) is 1.68. The van der Waals surface area contributed by atoms with Gasteiger partial charge in [0.1, 0.15) is 10.7 Å². The number of anilines is 1. The first-order valence-corrected chi connectivity index (χ1v) is 10.8. The zero-order valence-corrected chi connectivity index (χ0v) is 16.7. The van der Waals surface area contributed by atoms with Gasteiger partial charge in [0, 0.05) is 15.3 Å². The standard InChI is InChI=1S/C16H13BrFN3O3S2/c1-8-14(26(22,23)21-12-5-4-10(17)6-11(12)18)7-13(25-8)15-19-16(24-20-15)9-2-3-9/h4-7,9,21H,2-3H2,1H3. The highest BCUT2D eigenvalue weighted by Gasteiger charge is 2.30. The van der Waals surface area contributed by atoms with Crippen molar-refractivity contribution < 1.29 is 17.3 Å². The second kappa shape index (κ2) is 6.43. The molecule has 1 saturated carbocycles. The second-order valence-corrected chi connectivity index (χ2v) is 9.81. The van der Waals surface area contributed by atoms with Crippen molar-refractivity contribution in [3.05, 3.63) is 45.3 Å². The van der Waals surface area contributed by atoms with Crippen LogP contribution in [0.1, 0.15) is 29.5 Å². The first-order valence-electron chi connectivity index (χ1n) is 7.76. The van der Waals surface area contributed by atoms with Crippen molar-refractivity contribution >= 4 is 43.0 Å². The summed E-state index contributed by atoms with van der Waals surface area (Å²) in [5.74, 6) is 0.618. The van der Waals surface area contributed by atoms with E-state index in [0.717, 1.165) is 12.8 Å². The zero-order chi connectivity index (χ0) is 18.5. The van der Waals surface area contributed by atoms with Crippen molar-refractivity contribution in [2.45, 2.75) is 30.6 Å². The minimum absolute atomic E-state index is 0.0672. The van der Waals surface area contributed by atoms with Crippen LogP contribution in [0.25, 0.3) is 10.7 Å². The van der Waals surface area contributed by atoms with Crippen LogP contribution in [-0.2, 0) is 10.0 Å². The Balaban J connectivity index is 1.64. The van der Waals surface area contributed by atoms with Gasteiger partial charge in [0.05, 0.1) is 10.6 Å². The highest BCUT2D eigenvalue weighted by atomic mass is 79.9. The van der Waals surface area contributed by atoms with Gasteiger partial charge in [-0.15, -0.1) is 11.3 Å². The third-order valence-corrected chi connectivity index (χ3v) is 7.09. The van der Waals surface area contributed by atoms with E-state index < -0.39 is 15.8 Å². The van der Waals surface area contributed by atoms with Gasteiger partial charge >= 0.3 is 0 Å². The van der Waals surface area contributed by atoms with Gasteiger partial charge in [0.2, 0.25) is 11.7 Å². The van der Waals surface area contributed by atoms with E-state index in [2.05, 4.69) is 30.8 Å². The summed E-state index contributed by atoms with van der Waals surface area (Å²) in [4.78, 5) is 5.56. The summed E-state index contributed by atoms with van der Waals surface area (Å²) in [6.07, 6.45) is 2.07. The third kappa shape index (κ3) is 3.40. The quantitative estimate of drug-likeness (QED) is 0.600. The van der Waals surface area contributed by atoms with Gasteiger partial charge in [-0.25, -0.2) is 12.8 Å². The van der Waals surface area contributed by atoms with Gasteiger partial charge in [-0.3, -0.25) is 4.72 Å². The van der Waals surface area contributed by atoms with Gasteiger partial charge in [-0.05, 0) is 44.0 Å². The SMILES string of the molecule is Cc1sc(-c2noc(C3CC3)n2)cc1S(=O)(=O)Nc1ccc(Br)cc1F. The molecule has 0 amide bonds. The number of thiophene rings is 1. The Bertz CT molecular complexity index is 1090. The fraction of sp³-hybridized carbons (Fsp3) is 0.250. The summed E-state index contributed by atoms with van der Waals surface area (Å²) < 4.78 is 47.4. The van der Waals surface area contributed by atoms with E-state index >= 15 is 0 Å². The molecule has 0 bridgehead atoms. The Hall–Kier alpha value is -1.78. The number of nitrogens with one attached hydrogen (secondary N) is 1. The number of hydrogen-bond acceptors (Lipinski definition) is 6. The molecule has 136 valence electrons. The molecule has 0 spiro atoms. The Kier molecular flexibility index (Phi) is 4.36. The zero-order valence-electron chi connectivity index (χ0n) is 13.5. The minimum Gasteiger partial charge on any atom is -0.339 e. The molecule has 1 aromatic carbocycles. The molecule has 0 saturated heterocycles. The first kappa shape index (κ1) is 17.6. The van der Waals surface area contributed by atoms with Crippen molar-refractivity contribution in [1.29, 1.82) is 0 Å². The highest BCUT2D eigenvalue weighted by molar-refractivity contribution is 9.10. The molecule has 1 aliphatic rings. The van der Waals surface area contributed by atoms with Crippen molar-refractivity contribution in [2.75, 3.05) is 4.72 Å². The minimum atomic E-state index is -3.94. The van der Waals surface area contributed by atoms with Crippen molar-refractivity contribution in [3.8, 4) is 10.7 Å². The Morgan fingerprint density at radius 3 is 2.81 bits per heavy atom. The molecular weight excluding hydrogens is 445 g/mol. The van der Waals surface area contributed by atoms with Crippen molar-refractivity contribution in [1.82, 2.24) is 10.1 Å². The average molecular weight is 458 g/mol. The third-order valence-electron chi connectivity index (χ3n) is 3.93. The van der Waals surface area contributed by atoms with Crippen molar-refractivity contribution in [2.24, 2.45) is 0 Å². The molecule has 1 N–H and O–H groups in total. The summed E-state index contributed by atoms with van der Waals surface area (Å²) >= 11 is 4.39. The maximum absolute atomic E-state index is 14.0. The average Bonchev–Trinajstić information content (AvgIpc) is 3.16. The number of nitrogens with zero attached hydrogens (tertiary/aromatic N) is 2. The van der Waals surface area contributed by atoms with Crippen LogP contribution in [-0.4, -0.2) is 18.6 Å². The van der Waals surface area contributed by atoms with E-state index in [9.17, 15) is 12.8 Å². The number of rotatable bonds is 5. The highest BCUT2D eigenvalue weighted by Crippen LogP contribution is 2.40. The molecule has 2 aromatic heterocycles. The molecule has 3 aromatic rings. The van der Waals surface area contributed by atoms with Gasteiger partial charge in [-0.1, -0.05) is 21.1 Å². The lowest BCUT2D eigenvalue weighted by Crippen LogP contribution is -2.14. The number of aryl methyl sites for hydroxylation is 1. The van der Waals surface area contributed by atoms with Gasteiger partial charge in [0.15, 0.2) is 0 Å². The van der Waals surface area contributed by atoms with Crippen LogP contribution in [0.4, 0.5) is 10.1 Å². The van der Waals surface area contributed by atoms with Crippen LogP contribution < -0.4 is 4.72 Å². The number of benzene rings is 1. The predicted molar refractivity (Wildman–Crippen MR) is 99.2 cm³/mol. The number of halogens is 2. The molecule has 26 heavy (non-hydrogen) atoms. The number of aromatic nitrogens is 2. The number of hydrogen-bond donors (Lipinski definition) is 1. The molecular formula is C16H13BrFN3O3S2. The second-order valence-electron chi connectivity index (χ2n) is 5.99. The largest absolute Gasteiger partial charge is 0.339 e. The fourth-order valence-corrected chi connectivity index (χ4v) is 5.36. The monoisotopic (exact) mass is 457 g/mol. The normalized spacial score (nSPS) is 14.6. The molecule has 10 heteroatoms. The Labute approximate surface area is 161 Å². The van der Waals surface area contributed by atoms with Crippen LogP contribution in [0.5, 0.6) is 0 Å². The van der Waals surface area contributed by atoms with Crippen LogP contribution in [0.15, 0.2) is 38.2 Å². The van der Waals surface area contributed by atoms with E-state index in [0.29, 0.717) is 31.9 Å². The molecule has 1 fully saturated rings. The molecule has 2 heterocycles. The van der Waals surface area contributed by atoms with Gasteiger partial charge in [-0.2, -0.15) is 4.98 Å². The topological polar surface area (TPSA) is 85.1 Å². The molecule has 1 aliphatic carbocycles. The van der Waals surface area contributed by atoms with E-state index in [1.165, 1.54) is 29.5 Å². The smallest absolute Gasteiger partial charge is 0.263 e. The Morgan fingerprint density at radius 2 is 2.12 bits per heavy atom. The molecule has 4 rings (SSSR count). The van der Waals surface area contributed by atoms with Crippen LogP contribution >= 0.6 is 27.3 Å². The molecule has 0 radical (unpaired) electrons. The van der Waals surface area contributed by atoms with E-state index in [1.807, 2.05) is 0 Å². The summed E-state index contributed by atoms with van der Waals surface area (Å²) in [6, 6.07) is 5.61. The van der Waals surface area contributed by atoms with Crippen LogP contribution in [0.2, 0.25) is 0 Å². The molecule has 6 nitrogen and oxygen atoms in total. The molecule has 0 aliphatic heterocycles. The van der Waals surface area contributed by atoms with Gasteiger partial charge < -0.3 is 4.52 Å². The lowest BCUT2D eigenvalue weighted by atomic mass is 10.3. The first-order chi connectivity index (χ1) is 12.3. The van der Waals surface area contributed by atoms with Gasteiger partial charge in [0.25, 0.3) is 10.0 Å². The van der Waals surface area contributed by atoms with E-state index in [1.54, 1.807) is 13.0 Å². The van der Waals surface area contributed by atoms with E-state index in [-0.39, 0.29) is 10.6 Å². The maximum Gasteiger partial charge on any atom is 0.263 e. The maximum atomic E-state index is 14.0.